The van der Waals surface area contributed by atoms with E-state index in [9.17, 15) is 4.79 Å². The van der Waals surface area contributed by atoms with Gasteiger partial charge in [0.2, 0.25) is 0 Å². The molecule has 1 aromatic carbocycles. The number of halogens is 1. The van der Waals surface area contributed by atoms with Crippen molar-refractivity contribution in [2.45, 2.75) is 13.8 Å². The molecule has 0 aliphatic carbocycles. The zero-order chi connectivity index (χ0) is 11.4. The van der Waals surface area contributed by atoms with Gasteiger partial charge in [0, 0.05) is 6.54 Å². The fourth-order valence-electron chi connectivity index (χ4n) is 1.22. The fraction of sp³-hybridized carbons (Fsp3) is 0.364. The summed E-state index contributed by atoms with van der Waals surface area (Å²) in [4.78, 5) is 11.6. The van der Waals surface area contributed by atoms with E-state index in [1.807, 2.05) is 13.8 Å². The van der Waals surface area contributed by atoms with Crippen LogP contribution in [0.3, 0.4) is 0 Å². The number of aliphatic hydroxyl groups excluding tert-OH is 1. The first-order valence-electron chi connectivity index (χ1n) is 4.72. The van der Waals surface area contributed by atoms with Crippen LogP contribution in [0.5, 0.6) is 0 Å². The van der Waals surface area contributed by atoms with E-state index in [0.29, 0.717) is 10.6 Å². The molecule has 0 aliphatic rings. The van der Waals surface area contributed by atoms with Gasteiger partial charge in [0.1, 0.15) is 0 Å². The molecule has 0 radical (unpaired) electrons. The van der Waals surface area contributed by atoms with Crippen molar-refractivity contribution in [1.82, 2.24) is 5.32 Å². The van der Waals surface area contributed by atoms with Crippen LogP contribution in [0, 0.1) is 13.8 Å². The molecule has 2 N–H and O–H groups in total. The van der Waals surface area contributed by atoms with Gasteiger partial charge in [-0.05, 0) is 37.1 Å². The minimum atomic E-state index is -0.253. The first kappa shape index (κ1) is 12.0. The van der Waals surface area contributed by atoms with Gasteiger partial charge < -0.3 is 10.4 Å². The first-order valence-corrected chi connectivity index (χ1v) is 5.10. The predicted octanol–water partition coefficient (Wildman–Crippen LogP) is 1.68. The number of carbonyl (C=O) groups is 1. The number of amides is 1. The minimum absolute atomic E-state index is 0.0752. The third-order valence-electron chi connectivity index (χ3n) is 2.23. The molecular weight excluding hydrogens is 214 g/mol. The van der Waals surface area contributed by atoms with E-state index < -0.39 is 0 Å². The van der Waals surface area contributed by atoms with Crippen LogP contribution in [-0.4, -0.2) is 24.2 Å². The highest BCUT2D eigenvalue weighted by molar-refractivity contribution is 6.33. The highest BCUT2D eigenvalue weighted by atomic mass is 35.5. The van der Waals surface area contributed by atoms with E-state index in [0.717, 1.165) is 11.1 Å². The number of benzene rings is 1. The van der Waals surface area contributed by atoms with Gasteiger partial charge in [-0.3, -0.25) is 4.79 Å². The Kier molecular flexibility index (Phi) is 4.12. The van der Waals surface area contributed by atoms with E-state index in [-0.39, 0.29) is 19.1 Å². The van der Waals surface area contributed by atoms with Crippen molar-refractivity contribution in [1.29, 1.82) is 0 Å². The predicted molar refractivity (Wildman–Crippen MR) is 60.3 cm³/mol. The molecule has 1 aromatic rings. The average Bonchev–Trinajstić information content (AvgIpc) is 2.20. The summed E-state index contributed by atoms with van der Waals surface area (Å²) in [6.07, 6.45) is 0. The number of carbonyl (C=O) groups excluding carboxylic acids is 1. The molecule has 15 heavy (non-hydrogen) atoms. The van der Waals surface area contributed by atoms with Crippen molar-refractivity contribution in [3.63, 3.8) is 0 Å². The molecule has 0 aromatic heterocycles. The molecule has 82 valence electrons. The Bertz CT molecular complexity index is 377. The number of aryl methyl sites for hydroxylation is 2. The lowest BCUT2D eigenvalue weighted by atomic mass is 10.1. The van der Waals surface area contributed by atoms with Crippen LogP contribution in [0.15, 0.2) is 12.1 Å². The molecule has 0 aliphatic heterocycles. The van der Waals surface area contributed by atoms with Gasteiger partial charge in [-0.2, -0.15) is 0 Å². The Balaban J connectivity index is 2.94. The second-order valence-electron chi connectivity index (χ2n) is 3.40. The summed E-state index contributed by atoms with van der Waals surface area (Å²) in [7, 11) is 0. The number of hydrogen-bond donors (Lipinski definition) is 2. The highest BCUT2D eigenvalue weighted by Gasteiger charge is 2.10. The van der Waals surface area contributed by atoms with Gasteiger partial charge in [0.25, 0.3) is 5.91 Å². The van der Waals surface area contributed by atoms with Crippen LogP contribution in [0.1, 0.15) is 21.5 Å². The van der Waals surface area contributed by atoms with Gasteiger partial charge in [0.15, 0.2) is 0 Å². The summed E-state index contributed by atoms with van der Waals surface area (Å²) in [5.41, 5.74) is 2.53. The van der Waals surface area contributed by atoms with E-state index >= 15 is 0 Å². The van der Waals surface area contributed by atoms with Crippen molar-refractivity contribution < 1.29 is 9.90 Å². The Labute approximate surface area is 94.1 Å². The maximum atomic E-state index is 11.6. The lowest BCUT2D eigenvalue weighted by Crippen LogP contribution is -2.26. The molecule has 0 saturated carbocycles. The monoisotopic (exact) mass is 227 g/mol. The van der Waals surface area contributed by atoms with Crippen molar-refractivity contribution >= 4 is 17.5 Å². The smallest absolute Gasteiger partial charge is 0.252 e. The number of hydrogen-bond acceptors (Lipinski definition) is 2. The van der Waals surface area contributed by atoms with Crippen LogP contribution in [-0.2, 0) is 0 Å². The summed E-state index contributed by atoms with van der Waals surface area (Å²) in [6.45, 7) is 4.03. The zero-order valence-electron chi connectivity index (χ0n) is 8.80. The molecule has 3 nitrogen and oxygen atoms in total. The molecule has 1 amide bonds. The van der Waals surface area contributed by atoms with Gasteiger partial charge in [-0.1, -0.05) is 11.6 Å². The first-order chi connectivity index (χ1) is 7.06. The van der Waals surface area contributed by atoms with E-state index in [4.69, 9.17) is 16.7 Å². The van der Waals surface area contributed by atoms with Crippen LogP contribution in [0.25, 0.3) is 0 Å². The van der Waals surface area contributed by atoms with Crippen molar-refractivity contribution in [3.05, 3.63) is 33.8 Å². The summed E-state index contributed by atoms with van der Waals surface area (Å²) < 4.78 is 0. The third kappa shape index (κ3) is 2.94. The van der Waals surface area contributed by atoms with E-state index in [2.05, 4.69) is 5.32 Å². The molecule has 4 heteroatoms. The molecule has 0 atom stereocenters. The second-order valence-corrected chi connectivity index (χ2v) is 3.80. The third-order valence-corrected chi connectivity index (χ3v) is 2.54. The summed E-state index contributed by atoms with van der Waals surface area (Å²) in [5.74, 6) is -0.253. The lowest BCUT2D eigenvalue weighted by molar-refractivity contribution is 0.0945. The summed E-state index contributed by atoms with van der Waals surface area (Å²) in [6, 6.07) is 3.52. The van der Waals surface area contributed by atoms with E-state index in [1.54, 1.807) is 12.1 Å². The summed E-state index contributed by atoms with van der Waals surface area (Å²) in [5, 5.41) is 11.6. The van der Waals surface area contributed by atoms with E-state index in [1.165, 1.54) is 0 Å². The van der Waals surface area contributed by atoms with Crippen LogP contribution in [0.4, 0.5) is 0 Å². The standard InChI is InChI=1S/C11H14ClNO2/c1-7-5-9(10(12)6-8(7)2)11(15)13-3-4-14/h5-6,14H,3-4H2,1-2H3,(H,13,15). The second kappa shape index (κ2) is 5.14. The van der Waals surface area contributed by atoms with Crippen molar-refractivity contribution in [2.75, 3.05) is 13.2 Å². The Morgan fingerprint density at radius 1 is 1.40 bits per heavy atom. The zero-order valence-corrected chi connectivity index (χ0v) is 9.56. The molecule has 0 heterocycles. The molecule has 0 saturated heterocycles. The number of aliphatic hydroxyl groups is 1. The van der Waals surface area contributed by atoms with Gasteiger partial charge >= 0.3 is 0 Å². The van der Waals surface area contributed by atoms with Crippen LogP contribution in [0.2, 0.25) is 5.02 Å². The fourth-order valence-corrected chi connectivity index (χ4v) is 1.52. The lowest BCUT2D eigenvalue weighted by Gasteiger charge is -2.08. The maximum absolute atomic E-state index is 11.6. The quantitative estimate of drug-likeness (QED) is 0.826. The maximum Gasteiger partial charge on any atom is 0.252 e. The molecule has 0 unspecified atom stereocenters. The normalized spacial score (nSPS) is 10.1. The Morgan fingerprint density at radius 3 is 2.60 bits per heavy atom. The molecule has 0 fully saturated rings. The average molecular weight is 228 g/mol. The van der Waals surface area contributed by atoms with Gasteiger partial charge in [-0.15, -0.1) is 0 Å². The molecule has 0 spiro atoms. The Morgan fingerprint density at radius 2 is 2.00 bits per heavy atom. The summed E-state index contributed by atoms with van der Waals surface area (Å²) >= 11 is 5.95. The molecular formula is C11H14ClNO2. The molecule has 1 rings (SSSR count). The highest BCUT2D eigenvalue weighted by Crippen LogP contribution is 2.20. The Hall–Kier alpha value is -1.06. The largest absolute Gasteiger partial charge is 0.395 e. The van der Waals surface area contributed by atoms with Crippen LogP contribution >= 0.6 is 11.6 Å². The molecule has 0 bridgehead atoms. The van der Waals surface area contributed by atoms with Gasteiger partial charge in [0.05, 0.1) is 17.2 Å². The van der Waals surface area contributed by atoms with Crippen molar-refractivity contribution in [2.24, 2.45) is 0 Å². The van der Waals surface area contributed by atoms with Crippen molar-refractivity contribution in [3.8, 4) is 0 Å². The number of rotatable bonds is 3. The minimum Gasteiger partial charge on any atom is -0.395 e. The topological polar surface area (TPSA) is 49.3 Å². The SMILES string of the molecule is Cc1cc(Cl)c(C(=O)NCCO)cc1C. The van der Waals surface area contributed by atoms with Crippen LogP contribution < -0.4 is 5.32 Å². The number of nitrogens with one attached hydrogen (secondary N) is 1. The van der Waals surface area contributed by atoms with Gasteiger partial charge in [-0.25, -0.2) is 0 Å².